The van der Waals surface area contributed by atoms with Crippen LogP contribution in [-0.4, -0.2) is 35.9 Å². The average molecular weight is 316 g/mol. The summed E-state index contributed by atoms with van der Waals surface area (Å²) < 4.78 is 5.33. The summed E-state index contributed by atoms with van der Waals surface area (Å²) in [6.45, 7) is 1.30. The van der Waals surface area contributed by atoms with Gasteiger partial charge in [0.15, 0.2) is 0 Å². The van der Waals surface area contributed by atoms with Gasteiger partial charge in [0.2, 0.25) is 11.8 Å². The maximum atomic E-state index is 12.1. The normalized spacial score (nSPS) is 20.3. The molecule has 122 valence electrons. The van der Waals surface area contributed by atoms with Gasteiger partial charge in [0.1, 0.15) is 6.61 Å². The SMILES string of the molecule is O=C1CC2(CCN(C(=O)OCc3ccccc3)CC2)CC(=O)N1. The fourth-order valence-electron chi connectivity index (χ4n) is 3.32. The van der Waals surface area contributed by atoms with Gasteiger partial charge in [-0.3, -0.25) is 14.9 Å². The van der Waals surface area contributed by atoms with Gasteiger partial charge in [-0.25, -0.2) is 4.79 Å². The van der Waals surface area contributed by atoms with Gasteiger partial charge in [-0.1, -0.05) is 30.3 Å². The third-order valence-electron chi connectivity index (χ3n) is 4.64. The van der Waals surface area contributed by atoms with Gasteiger partial charge in [-0.05, 0) is 23.8 Å². The summed E-state index contributed by atoms with van der Waals surface area (Å²) in [5.74, 6) is -0.414. The Hall–Kier alpha value is -2.37. The van der Waals surface area contributed by atoms with E-state index in [1.165, 1.54) is 0 Å². The van der Waals surface area contributed by atoms with Gasteiger partial charge in [-0.2, -0.15) is 0 Å². The molecule has 6 heteroatoms. The lowest BCUT2D eigenvalue weighted by Gasteiger charge is -2.42. The fraction of sp³-hybridized carbons (Fsp3) is 0.471. The standard InChI is InChI=1S/C17H20N2O4/c20-14-10-17(11-15(21)18-14)6-8-19(9-7-17)16(22)23-12-13-4-2-1-3-5-13/h1-5H,6-12H2,(H,18,20,21). The Balaban J connectivity index is 1.51. The minimum Gasteiger partial charge on any atom is -0.445 e. The zero-order chi connectivity index (χ0) is 16.3. The highest BCUT2D eigenvalue weighted by Crippen LogP contribution is 2.40. The summed E-state index contributed by atoms with van der Waals surface area (Å²) in [6.07, 6.45) is 1.71. The Morgan fingerprint density at radius 1 is 1.09 bits per heavy atom. The van der Waals surface area contributed by atoms with Crippen LogP contribution >= 0.6 is 0 Å². The Morgan fingerprint density at radius 2 is 1.70 bits per heavy atom. The van der Waals surface area contributed by atoms with Crippen LogP contribution in [0.5, 0.6) is 0 Å². The van der Waals surface area contributed by atoms with Crippen molar-refractivity contribution in [2.75, 3.05) is 13.1 Å². The van der Waals surface area contributed by atoms with Gasteiger partial charge < -0.3 is 9.64 Å². The van der Waals surface area contributed by atoms with Gasteiger partial charge >= 0.3 is 6.09 Å². The van der Waals surface area contributed by atoms with E-state index >= 15 is 0 Å². The Kier molecular flexibility index (Phi) is 4.32. The Bertz CT molecular complexity index is 588. The molecular formula is C17H20N2O4. The number of imide groups is 1. The van der Waals surface area contributed by atoms with Crippen molar-refractivity contribution in [1.29, 1.82) is 0 Å². The summed E-state index contributed by atoms with van der Waals surface area (Å²) >= 11 is 0. The van der Waals surface area contributed by atoms with E-state index < -0.39 is 0 Å². The molecule has 2 aliphatic rings. The molecule has 2 heterocycles. The van der Waals surface area contributed by atoms with E-state index in [-0.39, 0.29) is 29.9 Å². The summed E-state index contributed by atoms with van der Waals surface area (Å²) in [6, 6.07) is 9.53. The van der Waals surface area contributed by atoms with E-state index in [1.54, 1.807) is 4.90 Å². The molecule has 6 nitrogen and oxygen atoms in total. The van der Waals surface area contributed by atoms with Crippen molar-refractivity contribution in [2.24, 2.45) is 5.41 Å². The zero-order valence-electron chi connectivity index (χ0n) is 12.9. The molecule has 0 aromatic heterocycles. The summed E-state index contributed by atoms with van der Waals surface area (Å²) in [4.78, 5) is 37.0. The number of hydrogen-bond acceptors (Lipinski definition) is 4. The van der Waals surface area contributed by atoms with Crippen molar-refractivity contribution in [1.82, 2.24) is 10.2 Å². The van der Waals surface area contributed by atoms with Gasteiger partial charge in [0, 0.05) is 25.9 Å². The topological polar surface area (TPSA) is 75.7 Å². The van der Waals surface area contributed by atoms with Crippen LogP contribution in [0.25, 0.3) is 0 Å². The lowest BCUT2D eigenvalue weighted by Crippen LogP contribution is -2.50. The predicted molar refractivity (Wildman–Crippen MR) is 82.3 cm³/mol. The summed E-state index contributed by atoms with van der Waals surface area (Å²) in [5.41, 5.74) is 0.666. The Morgan fingerprint density at radius 3 is 2.30 bits per heavy atom. The third kappa shape index (κ3) is 3.70. The van der Waals surface area contributed by atoms with Crippen molar-refractivity contribution in [3.63, 3.8) is 0 Å². The van der Waals surface area contributed by atoms with Crippen LogP contribution in [0.4, 0.5) is 4.79 Å². The molecule has 0 radical (unpaired) electrons. The number of hydrogen-bond donors (Lipinski definition) is 1. The molecule has 0 unspecified atom stereocenters. The molecule has 0 atom stereocenters. The van der Waals surface area contributed by atoms with Crippen molar-refractivity contribution in [2.45, 2.75) is 32.3 Å². The second-order valence-electron chi connectivity index (χ2n) is 6.35. The highest BCUT2D eigenvalue weighted by Gasteiger charge is 2.42. The number of piperidine rings is 2. The van der Waals surface area contributed by atoms with E-state index in [2.05, 4.69) is 5.32 Å². The number of nitrogens with zero attached hydrogens (tertiary/aromatic N) is 1. The van der Waals surface area contributed by atoms with Crippen molar-refractivity contribution in [3.05, 3.63) is 35.9 Å². The maximum Gasteiger partial charge on any atom is 0.410 e. The minimum atomic E-state index is -0.338. The number of amides is 3. The maximum absolute atomic E-state index is 12.1. The number of rotatable bonds is 2. The van der Waals surface area contributed by atoms with Gasteiger partial charge in [0.05, 0.1) is 0 Å². The zero-order valence-corrected chi connectivity index (χ0v) is 12.9. The number of carbonyl (C=O) groups is 3. The van der Waals surface area contributed by atoms with E-state index in [9.17, 15) is 14.4 Å². The van der Waals surface area contributed by atoms with Crippen LogP contribution in [-0.2, 0) is 20.9 Å². The summed E-state index contributed by atoms with van der Waals surface area (Å²) in [5, 5.41) is 2.34. The highest BCUT2D eigenvalue weighted by molar-refractivity contribution is 5.98. The van der Waals surface area contributed by atoms with Gasteiger partial charge in [-0.15, -0.1) is 0 Å². The first-order chi connectivity index (χ1) is 11.1. The number of nitrogens with one attached hydrogen (secondary N) is 1. The first-order valence-electron chi connectivity index (χ1n) is 7.85. The molecule has 3 rings (SSSR count). The van der Waals surface area contributed by atoms with E-state index in [1.807, 2.05) is 30.3 Å². The summed E-state index contributed by atoms with van der Waals surface area (Å²) in [7, 11) is 0. The fourth-order valence-corrected chi connectivity index (χ4v) is 3.32. The first-order valence-corrected chi connectivity index (χ1v) is 7.85. The van der Waals surface area contributed by atoms with E-state index in [0.29, 0.717) is 38.8 Å². The smallest absolute Gasteiger partial charge is 0.410 e. The monoisotopic (exact) mass is 316 g/mol. The van der Waals surface area contributed by atoms with Crippen molar-refractivity contribution < 1.29 is 19.1 Å². The molecule has 23 heavy (non-hydrogen) atoms. The number of ether oxygens (including phenoxy) is 1. The molecule has 2 aliphatic heterocycles. The average Bonchev–Trinajstić information content (AvgIpc) is 2.53. The van der Waals surface area contributed by atoms with Crippen molar-refractivity contribution in [3.8, 4) is 0 Å². The lowest BCUT2D eigenvalue weighted by atomic mass is 9.71. The number of likely N-dealkylation sites (tertiary alicyclic amines) is 1. The molecule has 1 aromatic rings. The lowest BCUT2D eigenvalue weighted by molar-refractivity contribution is -0.139. The third-order valence-corrected chi connectivity index (χ3v) is 4.64. The van der Waals surface area contributed by atoms with Crippen LogP contribution in [0.3, 0.4) is 0 Å². The Labute approximate surface area is 134 Å². The van der Waals surface area contributed by atoms with Crippen LogP contribution in [0.15, 0.2) is 30.3 Å². The minimum absolute atomic E-state index is 0.207. The molecule has 3 amide bonds. The molecule has 1 aromatic carbocycles. The van der Waals surface area contributed by atoms with E-state index in [0.717, 1.165) is 5.56 Å². The second-order valence-corrected chi connectivity index (χ2v) is 6.35. The molecule has 1 N–H and O–H groups in total. The largest absolute Gasteiger partial charge is 0.445 e. The molecular weight excluding hydrogens is 296 g/mol. The number of carbonyl (C=O) groups excluding carboxylic acids is 3. The predicted octanol–water partition coefficient (Wildman–Crippen LogP) is 1.84. The van der Waals surface area contributed by atoms with Crippen LogP contribution in [0, 0.1) is 5.41 Å². The molecule has 2 saturated heterocycles. The number of benzene rings is 1. The molecule has 1 spiro atoms. The highest BCUT2D eigenvalue weighted by atomic mass is 16.6. The molecule has 0 bridgehead atoms. The van der Waals surface area contributed by atoms with E-state index in [4.69, 9.17) is 4.74 Å². The van der Waals surface area contributed by atoms with Crippen LogP contribution in [0.1, 0.15) is 31.2 Å². The first kappa shape index (κ1) is 15.5. The quantitative estimate of drug-likeness (QED) is 0.845. The molecule has 2 fully saturated rings. The second kappa shape index (κ2) is 6.40. The van der Waals surface area contributed by atoms with Crippen LogP contribution in [0.2, 0.25) is 0 Å². The van der Waals surface area contributed by atoms with Crippen LogP contribution < -0.4 is 5.32 Å². The van der Waals surface area contributed by atoms with Gasteiger partial charge in [0.25, 0.3) is 0 Å². The van der Waals surface area contributed by atoms with Crippen molar-refractivity contribution >= 4 is 17.9 Å². The molecule has 0 saturated carbocycles. The molecule has 0 aliphatic carbocycles.